The van der Waals surface area contributed by atoms with Crippen LogP contribution in [0, 0.1) is 0 Å². The molecule has 1 aromatic rings. The van der Waals surface area contributed by atoms with E-state index in [1.165, 1.54) is 0 Å². The van der Waals surface area contributed by atoms with E-state index in [1.54, 1.807) is 0 Å². The monoisotopic (exact) mass is 246 g/mol. The molecule has 88 valence electrons. The van der Waals surface area contributed by atoms with E-state index in [0.29, 0.717) is 12.8 Å². The Hall–Kier alpha value is -1.57. The lowest BCUT2D eigenvalue weighted by Crippen LogP contribution is -2.20. The second kappa shape index (κ2) is 3.48. The van der Waals surface area contributed by atoms with Crippen LogP contribution in [0.5, 0.6) is 5.75 Å². The number of hydrogen-bond acceptors (Lipinski definition) is 5. The maximum absolute atomic E-state index is 11.6. The minimum absolute atomic E-state index is 0.0251. The normalized spacial score (nSPS) is 23.4. The maximum atomic E-state index is 11.6. The average Bonchev–Trinajstić information content (AvgIpc) is 2.68. The summed E-state index contributed by atoms with van der Waals surface area (Å²) in [6.45, 7) is 0. The minimum atomic E-state index is -3.36. The van der Waals surface area contributed by atoms with Gasteiger partial charge in [0.05, 0.1) is 11.9 Å². The molecule has 8 heteroatoms. The van der Waals surface area contributed by atoms with Crippen LogP contribution in [0.25, 0.3) is 0 Å². The molecule has 1 aliphatic heterocycles. The fourth-order valence-corrected chi connectivity index (χ4v) is 3.66. The zero-order valence-electron chi connectivity index (χ0n) is 8.20. The van der Waals surface area contributed by atoms with Gasteiger partial charge in [0.15, 0.2) is 26.7 Å². The van der Waals surface area contributed by atoms with Gasteiger partial charge in [0.1, 0.15) is 0 Å². The highest BCUT2D eigenvalue weighted by Gasteiger charge is 2.36. The fourth-order valence-electron chi connectivity index (χ4n) is 1.83. The summed E-state index contributed by atoms with van der Waals surface area (Å²) in [7, 11) is -3.36. The van der Waals surface area contributed by atoms with E-state index in [9.17, 15) is 18.3 Å². The Balaban J connectivity index is 2.53. The van der Waals surface area contributed by atoms with Gasteiger partial charge in [-0.2, -0.15) is 5.10 Å². The molecule has 0 saturated carbocycles. The smallest absolute Gasteiger partial charge is 0.358 e. The Kier molecular flexibility index (Phi) is 2.38. The van der Waals surface area contributed by atoms with Crippen LogP contribution in [0.15, 0.2) is 6.20 Å². The van der Waals surface area contributed by atoms with E-state index in [0.717, 1.165) is 10.9 Å². The molecule has 1 aromatic heterocycles. The van der Waals surface area contributed by atoms with Gasteiger partial charge in [-0.1, -0.05) is 0 Å². The SMILES string of the molecule is O=C(O)c1c(O)cnn1C1CCCS1(=O)=O. The van der Waals surface area contributed by atoms with Gasteiger partial charge in [0.25, 0.3) is 0 Å². The molecule has 2 heterocycles. The van der Waals surface area contributed by atoms with Crippen molar-refractivity contribution in [3.63, 3.8) is 0 Å². The van der Waals surface area contributed by atoms with E-state index >= 15 is 0 Å². The van der Waals surface area contributed by atoms with Gasteiger partial charge in [-0.15, -0.1) is 0 Å². The number of aromatic carboxylic acids is 1. The molecule has 2 rings (SSSR count). The summed E-state index contributed by atoms with van der Waals surface area (Å²) < 4.78 is 24.1. The third kappa shape index (κ3) is 1.54. The van der Waals surface area contributed by atoms with Crippen molar-refractivity contribution in [2.24, 2.45) is 0 Å². The molecule has 1 aliphatic rings. The maximum Gasteiger partial charge on any atom is 0.358 e. The molecule has 16 heavy (non-hydrogen) atoms. The van der Waals surface area contributed by atoms with Crippen LogP contribution in [0.1, 0.15) is 28.7 Å². The van der Waals surface area contributed by atoms with Crippen LogP contribution in [0.2, 0.25) is 0 Å². The Morgan fingerprint density at radius 2 is 2.25 bits per heavy atom. The van der Waals surface area contributed by atoms with E-state index in [4.69, 9.17) is 5.11 Å². The summed E-state index contributed by atoms with van der Waals surface area (Å²) in [5.41, 5.74) is -0.476. The summed E-state index contributed by atoms with van der Waals surface area (Å²) >= 11 is 0. The summed E-state index contributed by atoms with van der Waals surface area (Å²) in [5, 5.41) is 20.8. The fraction of sp³-hybridized carbons (Fsp3) is 0.500. The van der Waals surface area contributed by atoms with Crippen molar-refractivity contribution >= 4 is 15.8 Å². The Morgan fingerprint density at radius 1 is 1.56 bits per heavy atom. The molecule has 0 spiro atoms. The number of aromatic nitrogens is 2. The van der Waals surface area contributed by atoms with E-state index in [1.807, 2.05) is 0 Å². The highest BCUT2D eigenvalue weighted by molar-refractivity contribution is 7.91. The summed E-state index contributed by atoms with van der Waals surface area (Å²) in [6.07, 6.45) is 1.74. The van der Waals surface area contributed by atoms with Crippen molar-refractivity contribution in [3.8, 4) is 5.75 Å². The largest absolute Gasteiger partial charge is 0.504 e. The lowest BCUT2D eigenvalue weighted by Gasteiger charge is -2.11. The van der Waals surface area contributed by atoms with Crippen molar-refractivity contribution in [1.29, 1.82) is 0 Å². The van der Waals surface area contributed by atoms with Gasteiger partial charge in [-0.25, -0.2) is 17.9 Å². The molecule has 1 atom stereocenters. The molecular weight excluding hydrogens is 236 g/mol. The number of carboxylic acids is 1. The van der Waals surface area contributed by atoms with Gasteiger partial charge < -0.3 is 10.2 Å². The summed E-state index contributed by atoms with van der Waals surface area (Å²) in [6, 6.07) is 0. The van der Waals surface area contributed by atoms with Gasteiger partial charge >= 0.3 is 5.97 Å². The van der Waals surface area contributed by atoms with Gasteiger partial charge in [-0.3, -0.25) is 0 Å². The predicted octanol–water partition coefficient (Wildman–Crippen LogP) is -0.00590. The highest BCUT2D eigenvalue weighted by Crippen LogP contribution is 2.32. The molecule has 7 nitrogen and oxygen atoms in total. The molecule has 0 aromatic carbocycles. The minimum Gasteiger partial charge on any atom is -0.504 e. The molecule has 1 unspecified atom stereocenters. The van der Waals surface area contributed by atoms with Crippen LogP contribution >= 0.6 is 0 Å². The standard InChI is InChI=1S/C8H10N2O5S/c11-5-4-9-10(7(5)8(12)13)6-2-1-3-16(6,14)15/h4,6,11H,1-3H2,(H,12,13). The molecule has 0 radical (unpaired) electrons. The molecule has 1 fully saturated rings. The molecule has 0 amide bonds. The number of sulfone groups is 1. The number of hydrogen-bond donors (Lipinski definition) is 2. The van der Waals surface area contributed by atoms with Crippen LogP contribution < -0.4 is 0 Å². The second-order valence-corrected chi connectivity index (χ2v) is 5.87. The topological polar surface area (TPSA) is 109 Å². The Labute approximate surface area is 91.2 Å². The Bertz CT molecular complexity index is 533. The van der Waals surface area contributed by atoms with E-state index < -0.39 is 32.6 Å². The third-order valence-electron chi connectivity index (χ3n) is 2.55. The zero-order valence-corrected chi connectivity index (χ0v) is 9.01. The average molecular weight is 246 g/mol. The van der Waals surface area contributed by atoms with Crippen LogP contribution in [0.3, 0.4) is 0 Å². The van der Waals surface area contributed by atoms with E-state index in [2.05, 4.69) is 5.10 Å². The number of rotatable bonds is 2. The van der Waals surface area contributed by atoms with Crippen molar-refractivity contribution in [3.05, 3.63) is 11.9 Å². The molecule has 1 saturated heterocycles. The first kappa shape index (κ1) is 10.9. The zero-order chi connectivity index (χ0) is 11.9. The number of nitrogens with zero attached hydrogens (tertiary/aromatic N) is 2. The predicted molar refractivity (Wildman–Crippen MR) is 52.9 cm³/mol. The van der Waals surface area contributed by atoms with Crippen molar-refractivity contribution < 1.29 is 23.4 Å². The van der Waals surface area contributed by atoms with Gasteiger partial charge in [-0.05, 0) is 12.8 Å². The van der Waals surface area contributed by atoms with Crippen molar-refractivity contribution in [1.82, 2.24) is 9.78 Å². The number of carbonyl (C=O) groups is 1. The first-order valence-electron chi connectivity index (χ1n) is 4.65. The molecule has 0 aliphatic carbocycles. The quantitative estimate of drug-likeness (QED) is 0.759. The highest BCUT2D eigenvalue weighted by atomic mass is 32.2. The van der Waals surface area contributed by atoms with E-state index in [-0.39, 0.29) is 5.75 Å². The lowest BCUT2D eigenvalue weighted by molar-refractivity contribution is 0.0679. The van der Waals surface area contributed by atoms with Gasteiger partial charge in [0.2, 0.25) is 0 Å². The lowest BCUT2D eigenvalue weighted by atomic mass is 10.3. The van der Waals surface area contributed by atoms with Crippen molar-refractivity contribution in [2.45, 2.75) is 18.2 Å². The number of carboxylic acid groups (broad SMARTS) is 1. The molecule has 0 bridgehead atoms. The summed E-state index contributed by atoms with van der Waals surface area (Å²) in [4.78, 5) is 10.9. The molecular formula is C8H10N2O5S. The summed E-state index contributed by atoms with van der Waals surface area (Å²) in [5.74, 6) is -1.89. The van der Waals surface area contributed by atoms with Crippen LogP contribution in [-0.4, -0.2) is 40.1 Å². The molecule has 2 N–H and O–H groups in total. The first-order valence-corrected chi connectivity index (χ1v) is 6.36. The van der Waals surface area contributed by atoms with Crippen LogP contribution in [0.4, 0.5) is 0 Å². The Morgan fingerprint density at radius 3 is 2.75 bits per heavy atom. The first-order chi connectivity index (χ1) is 7.43. The second-order valence-electron chi connectivity index (χ2n) is 3.59. The van der Waals surface area contributed by atoms with Crippen LogP contribution in [-0.2, 0) is 9.84 Å². The van der Waals surface area contributed by atoms with Crippen molar-refractivity contribution in [2.75, 3.05) is 5.75 Å². The third-order valence-corrected chi connectivity index (χ3v) is 4.67. The van der Waals surface area contributed by atoms with Gasteiger partial charge in [0, 0.05) is 0 Å². The number of aromatic hydroxyl groups is 1.